The maximum Gasteiger partial charge on any atom is 0.425 e. The Labute approximate surface area is 148 Å². The molecule has 1 rings (SSSR count). The highest BCUT2D eigenvalue weighted by atomic mass is 32.2. The summed E-state index contributed by atoms with van der Waals surface area (Å²) in [6.45, 7) is 11.1. The van der Waals surface area contributed by atoms with E-state index in [0.717, 1.165) is 11.9 Å². The summed E-state index contributed by atoms with van der Waals surface area (Å²) in [6.07, 6.45) is -0.580. The molecular weight excluding hydrogens is 326 g/mol. The Morgan fingerprint density at radius 1 is 1.08 bits per heavy atom. The molecule has 134 valence electrons. The molecule has 6 heteroatoms. The first-order valence-corrected chi connectivity index (χ1v) is 8.76. The van der Waals surface area contributed by atoms with Crippen molar-refractivity contribution in [1.82, 2.24) is 4.31 Å². The van der Waals surface area contributed by atoms with Crippen LogP contribution in [0.25, 0.3) is 0 Å². The maximum atomic E-state index is 12.3. The molecule has 1 aromatic carbocycles. The molecular formula is C18H27NO4S. The van der Waals surface area contributed by atoms with Gasteiger partial charge in [0.1, 0.15) is 0 Å². The van der Waals surface area contributed by atoms with Gasteiger partial charge in [-0.15, -0.1) is 0 Å². The average molecular weight is 353 g/mol. The van der Waals surface area contributed by atoms with Crippen molar-refractivity contribution in [3.05, 3.63) is 24.3 Å². The lowest BCUT2D eigenvalue weighted by Crippen LogP contribution is -2.37. The summed E-state index contributed by atoms with van der Waals surface area (Å²) < 4.78 is 11.7. The molecule has 0 saturated heterocycles. The quantitative estimate of drug-likeness (QED) is 0.673. The van der Waals surface area contributed by atoms with E-state index in [1.54, 1.807) is 39.1 Å². The van der Waals surface area contributed by atoms with Gasteiger partial charge < -0.3 is 9.47 Å². The standard InChI is InChI=1S/C18H27NO4S/c1-12(2)16(20)18(5,6)24-19(7)17(21)23-15-11-9-8-10-14(15)22-13(3)4/h8-13H,1-7H3. The molecule has 0 aliphatic carbocycles. The lowest BCUT2D eigenvalue weighted by Gasteiger charge is -2.28. The Kier molecular flexibility index (Phi) is 7.14. The third kappa shape index (κ3) is 5.74. The van der Waals surface area contributed by atoms with Gasteiger partial charge in [0.25, 0.3) is 0 Å². The highest BCUT2D eigenvalue weighted by molar-refractivity contribution is 7.99. The number of carbonyl (C=O) groups is 2. The van der Waals surface area contributed by atoms with Gasteiger partial charge in [0.2, 0.25) is 0 Å². The van der Waals surface area contributed by atoms with Crippen LogP contribution in [0.1, 0.15) is 41.5 Å². The highest BCUT2D eigenvalue weighted by Crippen LogP contribution is 2.33. The molecule has 0 aromatic heterocycles. The first kappa shape index (κ1) is 20.4. The summed E-state index contributed by atoms with van der Waals surface area (Å²) in [5, 5.41) is 0. The van der Waals surface area contributed by atoms with Gasteiger partial charge in [0.05, 0.1) is 10.9 Å². The Hall–Kier alpha value is -1.69. The van der Waals surface area contributed by atoms with Crippen molar-refractivity contribution in [3.8, 4) is 11.5 Å². The molecule has 0 bridgehead atoms. The Balaban J connectivity index is 2.80. The second-order valence-electron chi connectivity index (χ2n) is 6.60. The average Bonchev–Trinajstić information content (AvgIpc) is 2.47. The molecule has 0 heterocycles. The maximum absolute atomic E-state index is 12.3. The van der Waals surface area contributed by atoms with Gasteiger partial charge in [-0.05, 0) is 51.8 Å². The highest BCUT2D eigenvalue weighted by Gasteiger charge is 2.34. The lowest BCUT2D eigenvalue weighted by molar-refractivity contribution is -0.123. The molecule has 0 saturated carbocycles. The number of ketones is 1. The molecule has 0 aliphatic rings. The van der Waals surface area contributed by atoms with Crippen molar-refractivity contribution in [2.24, 2.45) is 5.92 Å². The van der Waals surface area contributed by atoms with Crippen LogP contribution in [-0.2, 0) is 4.79 Å². The van der Waals surface area contributed by atoms with E-state index in [0.29, 0.717) is 11.5 Å². The molecule has 1 aromatic rings. The van der Waals surface area contributed by atoms with E-state index in [1.807, 2.05) is 33.8 Å². The van der Waals surface area contributed by atoms with Crippen molar-refractivity contribution in [2.75, 3.05) is 7.05 Å². The van der Waals surface area contributed by atoms with Gasteiger partial charge in [0, 0.05) is 13.0 Å². The van der Waals surface area contributed by atoms with Crippen molar-refractivity contribution in [3.63, 3.8) is 0 Å². The normalized spacial score (nSPS) is 11.5. The number of rotatable bonds is 7. The number of benzene rings is 1. The number of hydrogen-bond acceptors (Lipinski definition) is 5. The zero-order chi connectivity index (χ0) is 18.5. The van der Waals surface area contributed by atoms with Crippen LogP contribution < -0.4 is 9.47 Å². The van der Waals surface area contributed by atoms with Crippen LogP contribution in [0.2, 0.25) is 0 Å². The summed E-state index contributed by atoms with van der Waals surface area (Å²) in [5.41, 5.74) is 0. The van der Waals surface area contributed by atoms with Crippen LogP contribution in [0.4, 0.5) is 4.79 Å². The number of Topliss-reactive ketones (excluding diaryl/α,β-unsaturated/α-hetero) is 1. The van der Waals surface area contributed by atoms with Gasteiger partial charge in [-0.1, -0.05) is 26.0 Å². The number of amides is 1. The monoisotopic (exact) mass is 353 g/mol. The molecule has 0 fully saturated rings. The van der Waals surface area contributed by atoms with Gasteiger partial charge in [-0.2, -0.15) is 0 Å². The summed E-state index contributed by atoms with van der Waals surface area (Å²) in [5.74, 6) is 0.848. The number of carbonyl (C=O) groups excluding carboxylic acids is 2. The lowest BCUT2D eigenvalue weighted by atomic mass is 9.98. The zero-order valence-corrected chi connectivity index (χ0v) is 16.3. The van der Waals surface area contributed by atoms with E-state index in [9.17, 15) is 9.59 Å². The third-order valence-corrected chi connectivity index (χ3v) is 4.23. The fourth-order valence-corrected chi connectivity index (χ4v) is 3.29. The molecule has 0 N–H and O–H groups in total. The fraction of sp³-hybridized carbons (Fsp3) is 0.556. The van der Waals surface area contributed by atoms with Crippen molar-refractivity contribution >= 4 is 23.8 Å². The molecule has 24 heavy (non-hydrogen) atoms. The fourth-order valence-electron chi connectivity index (χ4n) is 2.16. The van der Waals surface area contributed by atoms with Crippen LogP contribution in [0.3, 0.4) is 0 Å². The third-order valence-electron chi connectivity index (χ3n) is 3.15. The first-order chi connectivity index (χ1) is 11.0. The molecule has 0 unspecified atom stereocenters. The van der Waals surface area contributed by atoms with Crippen molar-refractivity contribution in [1.29, 1.82) is 0 Å². The largest absolute Gasteiger partial charge is 0.487 e. The van der Waals surface area contributed by atoms with E-state index in [2.05, 4.69) is 0 Å². The van der Waals surface area contributed by atoms with Gasteiger partial charge in [-0.3, -0.25) is 9.10 Å². The number of ether oxygens (including phenoxy) is 2. The predicted molar refractivity (Wildman–Crippen MR) is 97.5 cm³/mol. The minimum absolute atomic E-state index is 0.0282. The van der Waals surface area contributed by atoms with Crippen LogP contribution in [-0.4, -0.2) is 34.1 Å². The first-order valence-electron chi connectivity index (χ1n) is 7.99. The number of para-hydroxylation sites is 2. The van der Waals surface area contributed by atoms with Gasteiger partial charge in [0.15, 0.2) is 17.3 Å². The molecule has 0 aliphatic heterocycles. The minimum Gasteiger partial charge on any atom is -0.487 e. The second-order valence-corrected chi connectivity index (χ2v) is 8.35. The van der Waals surface area contributed by atoms with Crippen LogP contribution in [0.15, 0.2) is 24.3 Å². The second kappa shape index (κ2) is 8.42. The molecule has 0 radical (unpaired) electrons. The summed E-state index contributed by atoms with van der Waals surface area (Å²) in [6, 6.07) is 7.02. The summed E-state index contributed by atoms with van der Waals surface area (Å²) in [4.78, 5) is 24.6. The van der Waals surface area contributed by atoms with E-state index in [-0.39, 0.29) is 17.8 Å². The van der Waals surface area contributed by atoms with E-state index in [4.69, 9.17) is 9.47 Å². The summed E-state index contributed by atoms with van der Waals surface area (Å²) >= 11 is 1.15. The Morgan fingerprint density at radius 3 is 2.12 bits per heavy atom. The van der Waals surface area contributed by atoms with Crippen LogP contribution in [0.5, 0.6) is 11.5 Å². The molecule has 0 atom stereocenters. The van der Waals surface area contributed by atoms with E-state index in [1.165, 1.54) is 4.31 Å². The molecule has 0 spiro atoms. The Morgan fingerprint density at radius 2 is 1.62 bits per heavy atom. The van der Waals surface area contributed by atoms with Crippen molar-refractivity contribution < 1.29 is 19.1 Å². The van der Waals surface area contributed by atoms with E-state index >= 15 is 0 Å². The minimum atomic E-state index is -0.712. The smallest absolute Gasteiger partial charge is 0.425 e. The molecule has 5 nitrogen and oxygen atoms in total. The summed E-state index contributed by atoms with van der Waals surface area (Å²) in [7, 11) is 1.59. The number of nitrogens with zero attached hydrogens (tertiary/aromatic N) is 1. The van der Waals surface area contributed by atoms with Crippen LogP contribution >= 0.6 is 11.9 Å². The molecule has 1 amide bonds. The number of hydrogen-bond donors (Lipinski definition) is 0. The zero-order valence-electron chi connectivity index (χ0n) is 15.5. The topological polar surface area (TPSA) is 55.8 Å². The van der Waals surface area contributed by atoms with Gasteiger partial charge >= 0.3 is 6.09 Å². The predicted octanol–water partition coefficient (Wildman–Crippen LogP) is 4.56. The van der Waals surface area contributed by atoms with Crippen molar-refractivity contribution in [2.45, 2.75) is 52.4 Å². The van der Waals surface area contributed by atoms with Gasteiger partial charge in [-0.25, -0.2) is 4.79 Å². The van der Waals surface area contributed by atoms with E-state index < -0.39 is 10.8 Å². The SMILES string of the molecule is CC(C)Oc1ccccc1OC(=O)N(C)SC(C)(C)C(=O)C(C)C. The Bertz CT molecular complexity index is 584. The van der Waals surface area contributed by atoms with Crippen LogP contribution in [0, 0.1) is 5.92 Å².